The summed E-state index contributed by atoms with van der Waals surface area (Å²) in [5.74, 6) is 6.85. The highest BCUT2D eigenvalue weighted by Crippen LogP contribution is 2.38. The minimum Gasteiger partial charge on any atom is -0.206 e. The topological polar surface area (TPSA) is 0 Å². The van der Waals surface area contributed by atoms with Gasteiger partial charge in [-0.15, -0.1) is 6.58 Å². The number of rotatable bonds is 4. The third kappa shape index (κ3) is 5.22. The highest BCUT2D eigenvalue weighted by atomic mass is 19.1. The van der Waals surface area contributed by atoms with Crippen molar-refractivity contribution in [2.75, 3.05) is 0 Å². The Balaban J connectivity index is 1.66. The molecule has 3 rings (SSSR count). The molecular formula is C25H32F2. The third-order valence-electron chi connectivity index (χ3n) is 6.59. The lowest BCUT2D eigenvalue weighted by molar-refractivity contribution is 0.307. The van der Waals surface area contributed by atoms with E-state index in [9.17, 15) is 8.78 Å². The number of hydrogen-bond acceptors (Lipinski definition) is 0. The molecule has 0 atom stereocenters. The summed E-state index contributed by atoms with van der Waals surface area (Å²) in [4.78, 5) is 0. The Bertz CT molecular complexity index is 670. The number of allylic oxidation sites excluding steroid dienone is 1. The van der Waals surface area contributed by atoms with E-state index in [4.69, 9.17) is 0 Å². The van der Waals surface area contributed by atoms with Crippen molar-refractivity contribution in [3.05, 3.63) is 47.5 Å². The second-order valence-corrected chi connectivity index (χ2v) is 8.48. The molecule has 0 aromatic heterocycles. The molecule has 2 saturated carbocycles. The molecule has 0 spiro atoms. The van der Waals surface area contributed by atoms with Gasteiger partial charge in [-0.3, -0.25) is 0 Å². The van der Waals surface area contributed by atoms with Gasteiger partial charge in [0, 0.05) is 5.92 Å². The molecule has 0 radical (unpaired) electrons. The first kappa shape index (κ1) is 20.1. The Morgan fingerprint density at radius 1 is 1.00 bits per heavy atom. The number of benzene rings is 1. The standard InChI is InChI=1S/C25H32F2/c1-3-5-19-10-13-21(14-11-19)22-16-24(26)23(25(27)17-22)15-12-20-8-6-18(4-2)7-9-20/h4,16-21H,2-3,5-11,13-14H2,1H3. The van der Waals surface area contributed by atoms with Crippen LogP contribution in [0.5, 0.6) is 0 Å². The Morgan fingerprint density at radius 3 is 2.19 bits per heavy atom. The lowest BCUT2D eigenvalue weighted by Crippen LogP contribution is -2.14. The van der Waals surface area contributed by atoms with Crippen LogP contribution in [0.3, 0.4) is 0 Å². The zero-order chi connectivity index (χ0) is 19.2. The predicted octanol–water partition coefficient (Wildman–Crippen LogP) is 7.38. The van der Waals surface area contributed by atoms with E-state index in [1.165, 1.54) is 37.8 Å². The molecule has 0 N–H and O–H groups in total. The van der Waals surface area contributed by atoms with Crippen molar-refractivity contribution < 1.29 is 8.78 Å². The maximum absolute atomic E-state index is 14.6. The summed E-state index contributed by atoms with van der Waals surface area (Å²) in [5.41, 5.74) is 0.765. The molecule has 0 aliphatic heterocycles. The average molecular weight is 371 g/mol. The quantitative estimate of drug-likeness (QED) is 0.383. The SMILES string of the molecule is C=CC1CCC(C#Cc2c(F)cc(C3CCC(CCC)CC3)cc2F)CC1. The molecule has 2 aliphatic rings. The molecule has 1 aromatic rings. The molecule has 0 bridgehead atoms. The first-order chi connectivity index (χ1) is 13.1. The molecule has 0 heterocycles. The van der Waals surface area contributed by atoms with Gasteiger partial charge in [0.2, 0.25) is 0 Å². The van der Waals surface area contributed by atoms with Crippen LogP contribution in [-0.2, 0) is 0 Å². The summed E-state index contributed by atoms with van der Waals surface area (Å²) in [5, 5.41) is 0. The van der Waals surface area contributed by atoms with Gasteiger partial charge in [0.15, 0.2) is 0 Å². The molecule has 2 aliphatic carbocycles. The van der Waals surface area contributed by atoms with E-state index in [-0.39, 0.29) is 11.5 Å². The predicted molar refractivity (Wildman–Crippen MR) is 108 cm³/mol. The second-order valence-electron chi connectivity index (χ2n) is 8.48. The van der Waals surface area contributed by atoms with Crippen LogP contribution >= 0.6 is 0 Å². The van der Waals surface area contributed by atoms with Crippen molar-refractivity contribution in [3.63, 3.8) is 0 Å². The van der Waals surface area contributed by atoms with E-state index in [0.29, 0.717) is 11.8 Å². The Labute approximate surface area is 163 Å². The molecule has 27 heavy (non-hydrogen) atoms. The third-order valence-corrected chi connectivity index (χ3v) is 6.59. The van der Waals surface area contributed by atoms with Crippen LogP contribution in [0, 0.1) is 41.2 Å². The van der Waals surface area contributed by atoms with E-state index >= 15 is 0 Å². The van der Waals surface area contributed by atoms with Gasteiger partial charge in [0.25, 0.3) is 0 Å². The zero-order valence-electron chi connectivity index (χ0n) is 16.6. The van der Waals surface area contributed by atoms with Crippen LogP contribution in [0.25, 0.3) is 0 Å². The van der Waals surface area contributed by atoms with Crippen LogP contribution in [0.4, 0.5) is 8.78 Å². The molecule has 0 saturated heterocycles. The molecule has 146 valence electrons. The molecule has 0 nitrogen and oxygen atoms in total. The Kier molecular flexibility index (Phi) is 7.11. The summed E-state index contributed by atoms with van der Waals surface area (Å²) in [6.07, 6.45) is 13.1. The van der Waals surface area contributed by atoms with Crippen LogP contribution in [0.2, 0.25) is 0 Å². The molecule has 0 amide bonds. The lowest BCUT2D eigenvalue weighted by atomic mass is 9.77. The molecule has 2 heteroatoms. The molecular weight excluding hydrogens is 338 g/mol. The van der Waals surface area contributed by atoms with E-state index in [1.807, 2.05) is 6.08 Å². The summed E-state index contributed by atoms with van der Waals surface area (Å²) in [7, 11) is 0. The maximum Gasteiger partial charge on any atom is 0.142 e. The first-order valence-electron chi connectivity index (χ1n) is 10.7. The summed E-state index contributed by atoms with van der Waals surface area (Å²) < 4.78 is 29.2. The largest absolute Gasteiger partial charge is 0.206 e. The Morgan fingerprint density at radius 2 is 1.63 bits per heavy atom. The van der Waals surface area contributed by atoms with Crippen molar-refractivity contribution in [2.24, 2.45) is 17.8 Å². The average Bonchev–Trinajstić information content (AvgIpc) is 2.68. The van der Waals surface area contributed by atoms with Gasteiger partial charge in [0.1, 0.15) is 11.6 Å². The highest BCUT2D eigenvalue weighted by molar-refractivity contribution is 5.40. The van der Waals surface area contributed by atoms with Crippen LogP contribution in [-0.4, -0.2) is 0 Å². The van der Waals surface area contributed by atoms with E-state index in [2.05, 4.69) is 25.3 Å². The maximum atomic E-state index is 14.6. The number of hydrogen-bond donors (Lipinski definition) is 0. The molecule has 1 aromatic carbocycles. The fraction of sp³-hybridized carbons (Fsp3) is 0.600. The fourth-order valence-corrected chi connectivity index (χ4v) is 4.81. The van der Waals surface area contributed by atoms with Gasteiger partial charge in [-0.05, 0) is 86.8 Å². The minimum absolute atomic E-state index is 0.0516. The van der Waals surface area contributed by atoms with Crippen LogP contribution < -0.4 is 0 Å². The van der Waals surface area contributed by atoms with Gasteiger partial charge in [-0.2, -0.15) is 0 Å². The van der Waals surface area contributed by atoms with E-state index < -0.39 is 11.6 Å². The van der Waals surface area contributed by atoms with Gasteiger partial charge < -0.3 is 0 Å². The van der Waals surface area contributed by atoms with Crippen LogP contribution in [0.15, 0.2) is 24.8 Å². The van der Waals surface area contributed by atoms with Gasteiger partial charge in [0.05, 0.1) is 5.56 Å². The zero-order valence-corrected chi connectivity index (χ0v) is 16.6. The first-order valence-corrected chi connectivity index (χ1v) is 10.7. The van der Waals surface area contributed by atoms with Gasteiger partial charge in [-0.25, -0.2) is 8.78 Å². The van der Waals surface area contributed by atoms with Gasteiger partial charge >= 0.3 is 0 Å². The summed E-state index contributed by atoms with van der Waals surface area (Å²) in [6.45, 7) is 6.07. The van der Waals surface area contributed by atoms with E-state index in [0.717, 1.165) is 50.0 Å². The smallest absolute Gasteiger partial charge is 0.142 e. The molecule has 0 unspecified atom stereocenters. The van der Waals surface area contributed by atoms with Crippen molar-refractivity contribution in [1.82, 2.24) is 0 Å². The fourth-order valence-electron chi connectivity index (χ4n) is 4.81. The highest BCUT2D eigenvalue weighted by Gasteiger charge is 2.24. The normalized spacial score (nSPS) is 28.3. The minimum atomic E-state index is -0.493. The van der Waals surface area contributed by atoms with Crippen molar-refractivity contribution in [1.29, 1.82) is 0 Å². The van der Waals surface area contributed by atoms with Crippen molar-refractivity contribution in [2.45, 2.75) is 77.0 Å². The molecule has 2 fully saturated rings. The number of halogens is 2. The summed E-state index contributed by atoms with van der Waals surface area (Å²) >= 11 is 0. The monoisotopic (exact) mass is 370 g/mol. The van der Waals surface area contributed by atoms with Crippen molar-refractivity contribution >= 4 is 0 Å². The van der Waals surface area contributed by atoms with Crippen molar-refractivity contribution in [3.8, 4) is 11.8 Å². The van der Waals surface area contributed by atoms with Gasteiger partial charge in [-0.1, -0.05) is 37.7 Å². The van der Waals surface area contributed by atoms with Crippen LogP contribution in [0.1, 0.15) is 88.2 Å². The van der Waals surface area contributed by atoms with E-state index in [1.54, 1.807) is 0 Å². The Hall–Kier alpha value is -1.62. The second kappa shape index (κ2) is 9.54. The lowest BCUT2D eigenvalue weighted by Gasteiger charge is -2.28. The summed E-state index contributed by atoms with van der Waals surface area (Å²) in [6, 6.07) is 3.07.